The fourth-order valence-electron chi connectivity index (χ4n) is 1.13. The summed E-state index contributed by atoms with van der Waals surface area (Å²) >= 11 is 0. The average molecular weight is 213 g/mol. The highest BCUT2D eigenvalue weighted by Gasteiger charge is 2.07. The Morgan fingerprint density at radius 3 is 2.33 bits per heavy atom. The Bertz CT molecular complexity index is 464. The van der Waals surface area contributed by atoms with Crippen molar-refractivity contribution < 1.29 is 0 Å². The fraction of sp³-hybridized carbons (Fsp3) is 0.308. The molecule has 0 N–H and O–H groups in total. The summed E-state index contributed by atoms with van der Waals surface area (Å²) in [6, 6.07) is 7.76. The van der Waals surface area contributed by atoms with Gasteiger partial charge in [-0.3, -0.25) is 0 Å². The first kappa shape index (κ1) is 11.6. The molecule has 0 bridgehead atoms. The lowest BCUT2D eigenvalue weighted by Crippen LogP contribution is -2.16. The zero-order chi connectivity index (χ0) is 11.5. The molecule has 15 heavy (non-hydrogen) atoms. The first-order valence-electron chi connectivity index (χ1n) is 4.96. The summed E-state index contributed by atoms with van der Waals surface area (Å²) in [6.45, 7) is 8.66. The highest BCUT2D eigenvalue weighted by atomic mass is 28.3. The Kier molecular flexibility index (Phi) is 3.34. The van der Waals surface area contributed by atoms with E-state index in [1.54, 1.807) is 0 Å². The number of hydrogen-bond donors (Lipinski definition) is 0. The van der Waals surface area contributed by atoms with Gasteiger partial charge in [-0.15, -0.1) is 5.54 Å². The smallest absolute Gasteiger partial charge is 0.129 e. The van der Waals surface area contributed by atoms with Crippen LogP contribution in [0, 0.1) is 29.7 Å². The maximum absolute atomic E-state index is 8.73. The molecule has 0 aliphatic rings. The molecule has 1 aromatic carbocycles. The summed E-state index contributed by atoms with van der Waals surface area (Å²) in [6.07, 6.45) is 0. The molecule has 0 amide bonds. The normalized spacial score (nSPS) is 10.1. The Morgan fingerprint density at radius 2 is 1.87 bits per heavy atom. The molecule has 2 heteroatoms. The molecule has 0 aliphatic heterocycles. The van der Waals surface area contributed by atoms with E-state index in [0.717, 1.165) is 11.1 Å². The van der Waals surface area contributed by atoms with E-state index < -0.39 is 8.07 Å². The van der Waals surface area contributed by atoms with Gasteiger partial charge in [0.15, 0.2) is 0 Å². The maximum atomic E-state index is 8.73. The molecule has 0 saturated carbocycles. The van der Waals surface area contributed by atoms with Crippen LogP contribution in [0.1, 0.15) is 16.7 Å². The zero-order valence-corrected chi connectivity index (χ0v) is 10.7. The molecule has 0 aliphatic carbocycles. The van der Waals surface area contributed by atoms with Gasteiger partial charge in [0.25, 0.3) is 0 Å². The van der Waals surface area contributed by atoms with E-state index in [1.807, 2.05) is 25.1 Å². The van der Waals surface area contributed by atoms with E-state index in [0.29, 0.717) is 5.56 Å². The van der Waals surface area contributed by atoms with E-state index in [4.69, 9.17) is 5.26 Å². The van der Waals surface area contributed by atoms with Crippen molar-refractivity contribution in [2.24, 2.45) is 0 Å². The van der Waals surface area contributed by atoms with Gasteiger partial charge in [-0.25, -0.2) is 0 Å². The summed E-state index contributed by atoms with van der Waals surface area (Å²) in [5.74, 6) is 3.21. The van der Waals surface area contributed by atoms with Gasteiger partial charge in [-0.2, -0.15) is 5.26 Å². The lowest BCUT2D eigenvalue weighted by molar-refractivity contribution is 1.40. The van der Waals surface area contributed by atoms with Gasteiger partial charge < -0.3 is 0 Å². The highest BCUT2D eigenvalue weighted by molar-refractivity contribution is 6.83. The Labute approximate surface area is 92.8 Å². The second kappa shape index (κ2) is 4.34. The van der Waals surface area contributed by atoms with E-state index in [1.165, 1.54) is 0 Å². The molecule has 0 fully saturated rings. The monoisotopic (exact) mass is 213 g/mol. The SMILES string of the molecule is Cc1cc(C#N)ccc1C#C[Si](C)(C)C. The van der Waals surface area contributed by atoms with Crippen LogP contribution in [0.25, 0.3) is 0 Å². The number of hydrogen-bond acceptors (Lipinski definition) is 1. The van der Waals surface area contributed by atoms with Crippen LogP contribution in [-0.4, -0.2) is 8.07 Å². The quantitative estimate of drug-likeness (QED) is 0.480. The highest BCUT2D eigenvalue weighted by Crippen LogP contribution is 2.09. The molecular formula is C13H15NSi. The third kappa shape index (κ3) is 3.62. The molecule has 0 spiro atoms. The molecule has 1 rings (SSSR count). The lowest BCUT2D eigenvalue weighted by atomic mass is 10.1. The van der Waals surface area contributed by atoms with Crippen LogP contribution in [-0.2, 0) is 0 Å². The lowest BCUT2D eigenvalue weighted by Gasteiger charge is -2.04. The van der Waals surface area contributed by atoms with Gasteiger partial charge in [0.1, 0.15) is 8.07 Å². The maximum Gasteiger partial charge on any atom is 0.129 e. The third-order valence-corrected chi connectivity index (χ3v) is 2.80. The second-order valence-electron chi connectivity index (χ2n) is 4.64. The summed E-state index contributed by atoms with van der Waals surface area (Å²) < 4.78 is 0. The molecule has 0 saturated heterocycles. The van der Waals surface area contributed by atoms with Gasteiger partial charge in [0, 0.05) is 5.56 Å². The number of rotatable bonds is 0. The Hall–Kier alpha value is -1.51. The van der Waals surface area contributed by atoms with Gasteiger partial charge in [0.05, 0.1) is 11.6 Å². The first-order chi connectivity index (χ1) is 6.92. The van der Waals surface area contributed by atoms with E-state index >= 15 is 0 Å². The summed E-state index contributed by atoms with van der Waals surface area (Å²) in [5, 5.41) is 8.73. The van der Waals surface area contributed by atoms with Crippen LogP contribution >= 0.6 is 0 Å². The van der Waals surface area contributed by atoms with Crippen LogP contribution in [0.15, 0.2) is 18.2 Å². The predicted molar refractivity (Wildman–Crippen MR) is 66.1 cm³/mol. The van der Waals surface area contributed by atoms with Crippen molar-refractivity contribution in [1.29, 1.82) is 5.26 Å². The largest absolute Gasteiger partial charge is 0.192 e. The van der Waals surface area contributed by atoms with Gasteiger partial charge in [-0.05, 0) is 30.7 Å². The molecule has 76 valence electrons. The topological polar surface area (TPSA) is 23.8 Å². The van der Waals surface area contributed by atoms with E-state index in [9.17, 15) is 0 Å². The number of nitrogens with zero attached hydrogens (tertiary/aromatic N) is 1. The van der Waals surface area contributed by atoms with Crippen molar-refractivity contribution in [3.8, 4) is 17.5 Å². The Balaban J connectivity index is 3.07. The number of nitriles is 1. The third-order valence-electron chi connectivity index (χ3n) is 1.93. The minimum absolute atomic E-state index is 0.700. The first-order valence-corrected chi connectivity index (χ1v) is 8.46. The molecule has 0 unspecified atom stereocenters. The Morgan fingerprint density at radius 1 is 1.20 bits per heavy atom. The van der Waals surface area contributed by atoms with Gasteiger partial charge >= 0.3 is 0 Å². The molecule has 0 atom stereocenters. The summed E-state index contributed by atoms with van der Waals surface area (Å²) in [4.78, 5) is 0. The average Bonchev–Trinajstić information content (AvgIpc) is 2.14. The van der Waals surface area contributed by atoms with Crippen molar-refractivity contribution in [2.75, 3.05) is 0 Å². The van der Waals surface area contributed by atoms with Crippen LogP contribution in [0.5, 0.6) is 0 Å². The van der Waals surface area contributed by atoms with Crippen LogP contribution in [0.2, 0.25) is 19.6 Å². The molecular weight excluding hydrogens is 198 g/mol. The van der Waals surface area contributed by atoms with Crippen molar-refractivity contribution in [3.05, 3.63) is 34.9 Å². The minimum Gasteiger partial charge on any atom is -0.192 e. The summed E-state index contributed by atoms with van der Waals surface area (Å²) in [5.41, 5.74) is 6.14. The second-order valence-corrected chi connectivity index (χ2v) is 9.39. The molecule has 0 radical (unpaired) electrons. The van der Waals surface area contributed by atoms with Crippen LogP contribution in [0.3, 0.4) is 0 Å². The number of benzene rings is 1. The van der Waals surface area contributed by atoms with E-state index in [-0.39, 0.29) is 0 Å². The predicted octanol–water partition coefficient (Wildman–Crippen LogP) is 3.10. The van der Waals surface area contributed by atoms with E-state index in [2.05, 4.69) is 37.2 Å². The van der Waals surface area contributed by atoms with Crippen LogP contribution < -0.4 is 0 Å². The molecule has 1 nitrogen and oxygen atoms in total. The fourth-order valence-corrected chi connectivity index (χ4v) is 1.64. The van der Waals surface area contributed by atoms with Gasteiger partial charge in [-0.1, -0.05) is 25.6 Å². The number of aryl methyl sites for hydroxylation is 1. The summed E-state index contributed by atoms with van der Waals surface area (Å²) in [7, 11) is -1.31. The molecule has 0 heterocycles. The van der Waals surface area contributed by atoms with Crippen molar-refractivity contribution >= 4 is 8.07 Å². The van der Waals surface area contributed by atoms with Crippen molar-refractivity contribution in [3.63, 3.8) is 0 Å². The molecule has 0 aromatic heterocycles. The van der Waals surface area contributed by atoms with Crippen molar-refractivity contribution in [1.82, 2.24) is 0 Å². The minimum atomic E-state index is -1.31. The standard InChI is InChI=1S/C13H15NSi/c1-11-9-12(10-14)5-6-13(11)7-8-15(2,3)4/h5-6,9H,1-4H3. The molecule has 1 aromatic rings. The van der Waals surface area contributed by atoms with Crippen molar-refractivity contribution in [2.45, 2.75) is 26.6 Å². The van der Waals surface area contributed by atoms with Crippen LogP contribution in [0.4, 0.5) is 0 Å². The zero-order valence-electron chi connectivity index (χ0n) is 9.68. The van der Waals surface area contributed by atoms with Gasteiger partial charge in [0.2, 0.25) is 0 Å².